The van der Waals surface area contributed by atoms with Crippen LogP contribution in [0.4, 0.5) is 16.2 Å². The van der Waals surface area contributed by atoms with Gasteiger partial charge in [-0.25, -0.2) is 9.64 Å². The van der Waals surface area contributed by atoms with E-state index in [1.165, 1.54) is 6.08 Å². The molecule has 16 heteroatoms. The molecule has 2 aromatic rings. The molecule has 0 aliphatic carbocycles. The van der Waals surface area contributed by atoms with Gasteiger partial charge in [0.1, 0.15) is 0 Å². The highest BCUT2D eigenvalue weighted by Crippen LogP contribution is 2.34. The van der Waals surface area contributed by atoms with E-state index >= 15 is 0 Å². The van der Waals surface area contributed by atoms with Gasteiger partial charge in [-0.3, -0.25) is 9.59 Å². The number of hydrogen-bond donors (Lipinski definition) is 4. The van der Waals surface area contributed by atoms with E-state index in [1.807, 2.05) is 30.0 Å². The quantitative estimate of drug-likeness (QED) is 0.0249. The molecule has 3 atom stereocenters. The fourth-order valence-corrected chi connectivity index (χ4v) is 7.02. The van der Waals surface area contributed by atoms with Crippen molar-refractivity contribution in [3.8, 4) is 0 Å². The summed E-state index contributed by atoms with van der Waals surface area (Å²) < 4.78 is 21.9. The van der Waals surface area contributed by atoms with Crippen LogP contribution in [0, 0.1) is 6.57 Å². The number of thioether (sulfide) groups is 1. The Labute approximate surface area is 295 Å². The van der Waals surface area contributed by atoms with Gasteiger partial charge in [0.25, 0.3) is 0 Å². The molecule has 0 unspecified atom stereocenters. The van der Waals surface area contributed by atoms with Crippen LogP contribution in [0.15, 0.2) is 41.5 Å². The highest BCUT2D eigenvalue weighted by molar-refractivity contribution is 8.00. The van der Waals surface area contributed by atoms with Crippen LogP contribution < -0.4 is 21.3 Å². The summed E-state index contributed by atoms with van der Waals surface area (Å²) in [6, 6.07) is 9.23. The van der Waals surface area contributed by atoms with Gasteiger partial charge in [-0.15, -0.1) is 0 Å². The minimum atomic E-state index is -0.254. The van der Waals surface area contributed by atoms with Crippen molar-refractivity contribution in [2.75, 3.05) is 71.7 Å². The van der Waals surface area contributed by atoms with Crippen molar-refractivity contribution in [3.05, 3.63) is 63.8 Å². The second-order valence-electron chi connectivity index (χ2n) is 11.5. The van der Waals surface area contributed by atoms with E-state index in [2.05, 4.69) is 36.1 Å². The zero-order valence-electron chi connectivity index (χ0n) is 27.9. The Kier molecular flexibility index (Phi) is 16.7. The van der Waals surface area contributed by atoms with E-state index < -0.39 is 0 Å². The van der Waals surface area contributed by atoms with Gasteiger partial charge in [0.15, 0.2) is 5.69 Å². The number of carbonyl (C=O) groups is 3. The van der Waals surface area contributed by atoms with Gasteiger partial charge >= 0.3 is 6.03 Å². The molecule has 0 radical (unpaired) electrons. The highest BCUT2D eigenvalue weighted by atomic mass is 32.2. The third-order valence-corrected chi connectivity index (χ3v) is 9.48. The monoisotopic (exact) mass is 708 g/mol. The van der Waals surface area contributed by atoms with Gasteiger partial charge in [-0.05, 0) is 52.9 Å². The first-order valence-electron chi connectivity index (χ1n) is 16.7. The number of fused-ring (bicyclic) bond motifs is 2. The van der Waals surface area contributed by atoms with Gasteiger partial charge in [0, 0.05) is 47.2 Å². The Morgan fingerprint density at radius 1 is 0.940 bits per heavy atom. The minimum absolute atomic E-state index is 0.0261. The van der Waals surface area contributed by atoms with Crippen LogP contribution in [0.3, 0.4) is 0 Å². The van der Waals surface area contributed by atoms with Crippen molar-refractivity contribution in [2.45, 2.75) is 43.0 Å². The van der Waals surface area contributed by atoms with Crippen LogP contribution in [0.1, 0.15) is 31.2 Å². The molecule has 2 saturated heterocycles. The maximum atomic E-state index is 12.2. The Bertz CT molecular complexity index is 1560. The Hall–Kier alpha value is -4.36. The first-order chi connectivity index (χ1) is 24.5. The third kappa shape index (κ3) is 13.2. The number of hydrogen-bond acceptors (Lipinski definition) is 9. The molecule has 4 N–H and O–H groups in total. The number of benzene rings is 2. The first kappa shape index (κ1) is 38.4. The van der Waals surface area contributed by atoms with Crippen LogP contribution in [0.2, 0.25) is 0 Å². The Morgan fingerprint density at radius 3 is 2.34 bits per heavy atom. The molecule has 0 aromatic heterocycles. The second kappa shape index (κ2) is 21.7. The molecule has 268 valence electrons. The molecule has 4 rings (SSSR count). The summed E-state index contributed by atoms with van der Waals surface area (Å²) in [5, 5.41) is 17.2. The molecule has 50 heavy (non-hydrogen) atoms. The maximum absolute atomic E-state index is 12.2. The van der Waals surface area contributed by atoms with E-state index in [1.54, 1.807) is 18.2 Å². The minimum Gasteiger partial charge on any atom is -0.377 e. The molecular weight excluding hydrogens is 664 g/mol. The SMILES string of the molecule is [C-]#[N+]c1cc2cc(/C=C/C(=O)NCCOCCOCCOCCOCCNC(=O)CCCC[C@@H]3SC[C@@H]4NC(=O)N[C@@H]43)ccc2cc1N=[N+]=[N-]. The number of nitrogens with zero attached hydrogens (tertiary/aromatic N) is 4. The lowest BCUT2D eigenvalue weighted by Crippen LogP contribution is -2.36. The van der Waals surface area contributed by atoms with Crippen molar-refractivity contribution >= 4 is 57.8 Å². The predicted octanol–water partition coefficient (Wildman–Crippen LogP) is 4.37. The van der Waals surface area contributed by atoms with Crippen LogP contribution in [0.5, 0.6) is 0 Å². The van der Waals surface area contributed by atoms with E-state index in [9.17, 15) is 14.4 Å². The zero-order chi connectivity index (χ0) is 35.4. The summed E-state index contributed by atoms with van der Waals surface area (Å²) in [7, 11) is 0. The van der Waals surface area contributed by atoms with Crippen molar-refractivity contribution in [1.29, 1.82) is 0 Å². The normalized spacial score (nSPS) is 17.9. The van der Waals surface area contributed by atoms with E-state index in [0.717, 1.165) is 41.4 Å². The van der Waals surface area contributed by atoms with Gasteiger partial charge in [-0.1, -0.05) is 29.7 Å². The van der Waals surface area contributed by atoms with Gasteiger partial charge in [0.05, 0.1) is 71.5 Å². The summed E-state index contributed by atoms with van der Waals surface area (Å²) >= 11 is 1.89. The molecule has 2 aliphatic heterocycles. The fourth-order valence-electron chi connectivity index (χ4n) is 5.48. The fraction of sp³-hybridized carbons (Fsp3) is 0.529. The van der Waals surface area contributed by atoms with Crippen molar-refractivity contribution in [1.82, 2.24) is 21.3 Å². The van der Waals surface area contributed by atoms with Gasteiger partial charge in [-0.2, -0.15) is 11.8 Å². The molecule has 0 spiro atoms. The van der Waals surface area contributed by atoms with Crippen molar-refractivity contribution in [2.24, 2.45) is 5.11 Å². The predicted molar refractivity (Wildman–Crippen MR) is 191 cm³/mol. The second-order valence-corrected chi connectivity index (χ2v) is 12.8. The number of amides is 4. The molecule has 2 heterocycles. The van der Waals surface area contributed by atoms with Crippen molar-refractivity contribution < 1.29 is 33.3 Å². The number of unbranched alkanes of at least 4 members (excludes halogenated alkanes) is 1. The summed E-state index contributed by atoms with van der Waals surface area (Å²) in [5.74, 6) is 0.721. The average Bonchev–Trinajstić information content (AvgIpc) is 3.67. The molecule has 15 nitrogen and oxygen atoms in total. The standard InChI is InChI=1S/C34H44N8O7S/c1-36-27-22-26-20-24(6-8-25(26)21-28(27)41-42-35)7-9-32(44)38-11-13-47-15-17-49-19-18-48-16-14-46-12-10-37-31(43)5-3-2-4-30-33-29(23-50-30)39-34(45)40-33/h6-9,20-22,29-30,33H,2-5,10-19,23H2,(H,37,43)(H,38,44)(H2,39,40,45)/b9-7+/t29-,30-,33-/m0/s1. The maximum Gasteiger partial charge on any atom is 0.315 e. The zero-order valence-corrected chi connectivity index (χ0v) is 28.8. The summed E-state index contributed by atoms with van der Waals surface area (Å²) in [5.41, 5.74) is 10.0. The van der Waals surface area contributed by atoms with E-state index in [-0.39, 0.29) is 41.3 Å². The Morgan fingerprint density at radius 2 is 1.64 bits per heavy atom. The molecule has 2 aliphatic rings. The van der Waals surface area contributed by atoms with Gasteiger partial charge in [0.2, 0.25) is 11.8 Å². The van der Waals surface area contributed by atoms with Crippen LogP contribution in [-0.4, -0.2) is 107 Å². The van der Waals surface area contributed by atoms with Crippen LogP contribution in [-0.2, 0) is 28.5 Å². The molecule has 2 aromatic carbocycles. The first-order valence-corrected chi connectivity index (χ1v) is 17.7. The summed E-state index contributed by atoms with van der Waals surface area (Å²) in [6.07, 6.45) is 6.40. The number of carbonyl (C=O) groups excluding carboxylic acids is 3. The number of ether oxygens (including phenoxy) is 4. The van der Waals surface area contributed by atoms with Crippen molar-refractivity contribution in [3.63, 3.8) is 0 Å². The van der Waals surface area contributed by atoms with Crippen LogP contribution >= 0.6 is 11.8 Å². The third-order valence-electron chi connectivity index (χ3n) is 7.97. The highest BCUT2D eigenvalue weighted by Gasteiger charge is 2.42. The van der Waals surface area contributed by atoms with E-state index in [0.29, 0.717) is 77.6 Å². The number of rotatable bonds is 23. The molecule has 4 amide bonds. The molecule has 0 saturated carbocycles. The largest absolute Gasteiger partial charge is 0.377 e. The number of nitrogens with one attached hydrogen (secondary N) is 4. The van der Waals surface area contributed by atoms with Crippen LogP contribution in [0.25, 0.3) is 32.1 Å². The van der Waals surface area contributed by atoms with Gasteiger partial charge < -0.3 is 40.2 Å². The molecule has 0 bridgehead atoms. The smallest absolute Gasteiger partial charge is 0.315 e. The number of azide groups is 1. The summed E-state index contributed by atoms with van der Waals surface area (Å²) in [6.45, 7) is 11.4. The lowest BCUT2D eigenvalue weighted by atomic mass is 10.0. The topological polar surface area (TPSA) is 189 Å². The lowest BCUT2D eigenvalue weighted by Gasteiger charge is -2.16. The lowest BCUT2D eigenvalue weighted by molar-refractivity contribution is -0.121. The van der Waals surface area contributed by atoms with E-state index in [4.69, 9.17) is 31.1 Å². The Balaban J connectivity index is 0.897. The summed E-state index contributed by atoms with van der Waals surface area (Å²) in [4.78, 5) is 41.8. The average molecular weight is 709 g/mol. The molecule has 2 fully saturated rings. The molecular formula is C34H44N8O7S. The number of urea groups is 1.